The number of aliphatic hydroxyl groups is 1. The molecule has 0 radical (unpaired) electrons. The normalized spacial score (nSPS) is 14.3. The first-order chi connectivity index (χ1) is 12.0. The molecule has 1 heterocycles. The third-order valence-electron chi connectivity index (χ3n) is 3.93. The van der Waals surface area contributed by atoms with Crippen molar-refractivity contribution in [3.63, 3.8) is 0 Å². The van der Waals surface area contributed by atoms with Crippen molar-refractivity contribution in [1.29, 1.82) is 0 Å². The van der Waals surface area contributed by atoms with Gasteiger partial charge in [-0.2, -0.15) is 5.10 Å². The molecule has 1 amide bonds. The predicted molar refractivity (Wildman–Crippen MR) is 94.8 cm³/mol. The molecule has 7 heteroatoms. The molecule has 0 aliphatic heterocycles. The maximum absolute atomic E-state index is 12.3. The topological polar surface area (TPSA) is 92.4 Å². The number of rotatable bonds is 5. The molecule has 7 nitrogen and oxygen atoms in total. The Morgan fingerprint density at radius 2 is 1.88 bits per heavy atom. The number of hydrogen-bond donors (Lipinski definition) is 2. The number of hydrazone groups is 1. The van der Waals surface area contributed by atoms with Crippen molar-refractivity contribution >= 4 is 22.7 Å². The fraction of sp³-hybridized carbons (Fsp3) is 0.222. The minimum absolute atomic E-state index is 0.383. The molecule has 0 spiro atoms. The second-order valence-corrected chi connectivity index (χ2v) is 5.96. The second kappa shape index (κ2) is 6.82. The summed E-state index contributed by atoms with van der Waals surface area (Å²) in [5.41, 5.74) is 3.58. The molecule has 0 aliphatic rings. The lowest BCUT2D eigenvalue weighted by Gasteiger charge is -2.21. The Hall–Kier alpha value is -3.06. The first-order valence-corrected chi connectivity index (χ1v) is 7.88. The van der Waals surface area contributed by atoms with Crippen LogP contribution < -0.4 is 5.43 Å². The van der Waals surface area contributed by atoms with Crippen LogP contribution in [0.3, 0.4) is 0 Å². The first kappa shape index (κ1) is 16.8. The molecule has 3 rings (SSSR count). The van der Waals surface area contributed by atoms with Crippen molar-refractivity contribution in [3.05, 3.63) is 60.2 Å². The van der Waals surface area contributed by atoms with E-state index in [0.717, 1.165) is 11.0 Å². The van der Waals surface area contributed by atoms with Gasteiger partial charge in [0.25, 0.3) is 5.91 Å². The molecule has 0 saturated carbocycles. The van der Waals surface area contributed by atoms with Crippen LogP contribution in [-0.2, 0) is 16.9 Å². The fourth-order valence-corrected chi connectivity index (χ4v) is 2.44. The number of hydrogen-bond acceptors (Lipinski definition) is 5. The van der Waals surface area contributed by atoms with Crippen LogP contribution in [-0.4, -0.2) is 31.7 Å². The Morgan fingerprint density at radius 3 is 2.64 bits per heavy atom. The minimum Gasteiger partial charge on any atom is -0.375 e. The molecular formula is C18H19N5O2. The third-order valence-corrected chi connectivity index (χ3v) is 3.93. The zero-order valence-corrected chi connectivity index (χ0v) is 14.0. The highest BCUT2D eigenvalue weighted by Crippen LogP contribution is 2.20. The van der Waals surface area contributed by atoms with E-state index in [1.807, 2.05) is 30.3 Å². The van der Waals surface area contributed by atoms with E-state index in [0.29, 0.717) is 17.8 Å². The Bertz CT molecular complexity index is 915. The van der Waals surface area contributed by atoms with Crippen LogP contribution in [0.2, 0.25) is 0 Å². The summed E-state index contributed by atoms with van der Waals surface area (Å²) in [4.78, 5) is 12.3. The van der Waals surface area contributed by atoms with E-state index in [1.54, 1.807) is 35.9 Å². The standard InChI is InChI=1S/C18H19N5O2/c1-13(12-23-16-11-7-6-10-15(16)20-22-23)19-21-17(24)18(2,25)14-8-4-3-5-9-14/h3-11,25H,12H2,1-2H3,(H,21,24)/b19-13+/t18-/m1/s1. The lowest BCUT2D eigenvalue weighted by atomic mass is 9.95. The van der Waals surface area contributed by atoms with Crippen molar-refractivity contribution in [2.24, 2.45) is 5.10 Å². The van der Waals surface area contributed by atoms with Gasteiger partial charge in [0, 0.05) is 0 Å². The largest absolute Gasteiger partial charge is 0.375 e. The van der Waals surface area contributed by atoms with Gasteiger partial charge in [0.05, 0.1) is 17.8 Å². The number of aromatic nitrogens is 3. The van der Waals surface area contributed by atoms with Gasteiger partial charge in [-0.25, -0.2) is 10.1 Å². The van der Waals surface area contributed by atoms with Gasteiger partial charge in [-0.15, -0.1) is 5.10 Å². The summed E-state index contributed by atoms with van der Waals surface area (Å²) in [6.45, 7) is 3.59. The SMILES string of the molecule is C/C(Cn1nnc2ccccc21)=N\NC(=O)[C@](C)(O)c1ccccc1. The number of nitrogens with one attached hydrogen (secondary N) is 1. The summed E-state index contributed by atoms with van der Waals surface area (Å²) in [7, 11) is 0. The number of fused-ring (bicyclic) bond motifs is 1. The average molecular weight is 337 g/mol. The van der Waals surface area contributed by atoms with E-state index in [1.165, 1.54) is 6.92 Å². The van der Waals surface area contributed by atoms with Crippen LogP contribution in [0.25, 0.3) is 11.0 Å². The molecule has 1 atom stereocenters. The van der Waals surface area contributed by atoms with Crippen LogP contribution in [0.4, 0.5) is 0 Å². The molecular weight excluding hydrogens is 318 g/mol. The zero-order chi connectivity index (χ0) is 17.9. The lowest BCUT2D eigenvalue weighted by Crippen LogP contribution is -2.40. The summed E-state index contributed by atoms with van der Waals surface area (Å²) in [5.74, 6) is -0.596. The van der Waals surface area contributed by atoms with E-state index >= 15 is 0 Å². The fourth-order valence-electron chi connectivity index (χ4n) is 2.44. The summed E-state index contributed by atoms with van der Waals surface area (Å²) in [6, 6.07) is 16.3. The lowest BCUT2D eigenvalue weighted by molar-refractivity contribution is -0.139. The van der Waals surface area contributed by atoms with Gasteiger partial charge >= 0.3 is 0 Å². The van der Waals surface area contributed by atoms with Crippen molar-refractivity contribution in [2.45, 2.75) is 26.0 Å². The number of nitrogens with zero attached hydrogens (tertiary/aromatic N) is 4. The smallest absolute Gasteiger partial charge is 0.276 e. The third kappa shape index (κ3) is 3.56. The highest BCUT2D eigenvalue weighted by atomic mass is 16.3. The van der Waals surface area contributed by atoms with Crippen LogP contribution >= 0.6 is 0 Å². The average Bonchev–Trinajstić information content (AvgIpc) is 3.03. The van der Waals surface area contributed by atoms with Gasteiger partial charge in [-0.05, 0) is 31.5 Å². The van der Waals surface area contributed by atoms with Gasteiger partial charge in [0.15, 0.2) is 5.60 Å². The molecule has 0 unspecified atom stereocenters. The van der Waals surface area contributed by atoms with Crippen molar-refractivity contribution in [2.75, 3.05) is 0 Å². The molecule has 2 aromatic carbocycles. The van der Waals surface area contributed by atoms with Gasteiger partial charge in [0.2, 0.25) is 0 Å². The molecule has 0 bridgehead atoms. The molecule has 2 N–H and O–H groups in total. The van der Waals surface area contributed by atoms with Crippen molar-refractivity contribution < 1.29 is 9.90 Å². The van der Waals surface area contributed by atoms with E-state index in [4.69, 9.17) is 0 Å². The first-order valence-electron chi connectivity index (χ1n) is 7.88. The number of benzene rings is 2. The Balaban J connectivity index is 1.70. The molecule has 128 valence electrons. The molecule has 25 heavy (non-hydrogen) atoms. The van der Waals surface area contributed by atoms with Gasteiger partial charge in [-0.3, -0.25) is 4.79 Å². The number of carbonyl (C=O) groups excluding carboxylic acids is 1. The van der Waals surface area contributed by atoms with Crippen LogP contribution in [0.5, 0.6) is 0 Å². The predicted octanol–water partition coefficient (Wildman–Crippen LogP) is 1.83. The Labute approximate surface area is 145 Å². The number of carbonyl (C=O) groups is 1. The summed E-state index contributed by atoms with van der Waals surface area (Å²) >= 11 is 0. The van der Waals surface area contributed by atoms with Crippen LogP contribution in [0.1, 0.15) is 19.4 Å². The Kier molecular flexibility index (Phi) is 4.58. The van der Waals surface area contributed by atoms with Gasteiger partial charge in [0.1, 0.15) is 5.52 Å². The van der Waals surface area contributed by atoms with Crippen molar-refractivity contribution in [1.82, 2.24) is 20.4 Å². The molecule has 0 aliphatic carbocycles. The number of amides is 1. The van der Waals surface area contributed by atoms with Crippen LogP contribution in [0.15, 0.2) is 59.7 Å². The van der Waals surface area contributed by atoms with Gasteiger partial charge < -0.3 is 5.11 Å². The highest BCUT2D eigenvalue weighted by Gasteiger charge is 2.32. The summed E-state index contributed by atoms with van der Waals surface area (Å²) < 4.78 is 1.70. The quantitative estimate of drug-likeness (QED) is 0.549. The highest BCUT2D eigenvalue weighted by molar-refractivity contribution is 5.89. The second-order valence-electron chi connectivity index (χ2n) is 5.96. The maximum Gasteiger partial charge on any atom is 0.276 e. The van der Waals surface area contributed by atoms with Crippen molar-refractivity contribution in [3.8, 4) is 0 Å². The van der Waals surface area contributed by atoms with E-state index < -0.39 is 11.5 Å². The Morgan fingerprint density at radius 1 is 1.20 bits per heavy atom. The summed E-state index contributed by atoms with van der Waals surface area (Å²) in [6.07, 6.45) is 0. The number of para-hydroxylation sites is 1. The van der Waals surface area contributed by atoms with E-state index in [2.05, 4.69) is 20.8 Å². The molecule has 0 saturated heterocycles. The van der Waals surface area contributed by atoms with E-state index in [-0.39, 0.29) is 0 Å². The minimum atomic E-state index is -1.66. The molecule has 3 aromatic rings. The van der Waals surface area contributed by atoms with Crippen LogP contribution in [0, 0.1) is 0 Å². The van der Waals surface area contributed by atoms with E-state index in [9.17, 15) is 9.90 Å². The maximum atomic E-state index is 12.3. The van der Waals surface area contributed by atoms with Gasteiger partial charge in [-0.1, -0.05) is 47.7 Å². The molecule has 1 aromatic heterocycles. The summed E-state index contributed by atoms with van der Waals surface area (Å²) in [5, 5.41) is 22.7. The monoisotopic (exact) mass is 337 g/mol. The zero-order valence-electron chi connectivity index (χ0n) is 14.0. The molecule has 0 fully saturated rings.